The van der Waals surface area contributed by atoms with E-state index in [0.29, 0.717) is 0 Å². The smallest absolute Gasteiger partial charge is 0.184 e. The normalized spacial score (nSPS) is 14.5. The van der Waals surface area contributed by atoms with Crippen molar-refractivity contribution in [1.29, 1.82) is 0 Å². The van der Waals surface area contributed by atoms with Crippen LogP contribution in [0.3, 0.4) is 0 Å². The number of rotatable bonds is 0. The van der Waals surface area contributed by atoms with Gasteiger partial charge in [-0.1, -0.05) is 40.8 Å². The fourth-order valence-electron chi connectivity index (χ4n) is 1.37. The van der Waals surface area contributed by atoms with Crippen molar-refractivity contribution in [2.24, 2.45) is 0 Å². The van der Waals surface area contributed by atoms with Crippen molar-refractivity contribution in [2.45, 2.75) is 0 Å². The maximum Gasteiger partial charge on any atom is 2.00 e. The molecule has 0 heterocycles. The van der Waals surface area contributed by atoms with Gasteiger partial charge in [0.15, 0.2) is 0 Å². The summed E-state index contributed by atoms with van der Waals surface area (Å²) in [6.07, 6.45) is 20.0. The van der Waals surface area contributed by atoms with Crippen molar-refractivity contribution in [2.75, 3.05) is 0 Å². The molecule has 2 aliphatic carbocycles. The Morgan fingerprint density at radius 3 is 0.760 bits per heavy atom. The first-order chi connectivity index (χ1) is 11.8. The second-order valence-electron chi connectivity index (χ2n) is 4.36. The van der Waals surface area contributed by atoms with Crippen molar-refractivity contribution >= 4 is 31.9 Å². The summed E-state index contributed by atoms with van der Waals surface area (Å²) in [6, 6.07) is 21.0. The van der Waals surface area contributed by atoms with Crippen LogP contribution in [0.1, 0.15) is 0 Å². The zero-order valence-corrected chi connectivity index (χ0v) is 18.4. The van der Waals surface area contributed by atoms with Gasteiger partial charge in [-0.2, -0.15) is 60.7 Å². The standard InChI is InChI=1S/2C6H4Br.2C5H5.Ti/c2*7-6-4-2-1-3-5-6;2*1-2-4-5-3-1;/h2*2-5H;2*1-5H;/q2*-1;;;+2. The Morgan fingerprint density at radius 2 is 0.640 bits per heavy atom. The molecule has 2 aromatic carbocycles. The molecule has 0 unspecified atom stereocenters. The van der Waals surface area contributed by atoms with E-state index in [1.807, 2.05) is 113 Å². The molecule has 0 aliphatic heterocycles. The van der Waals surface area contributed by atoms with E-state index in [1.165, 1.54) is 0 Å². The minimum atomic E-state index is 0. The first kappa shape index (κ1) is 25.1. The molecule has 2 saturated carbocycles. The van der Waals surface area contributed by atoms with E-state index in [2.05, 4.69) is 44.0 Å². The zero-order valence-electron chi connectivity index (χ0n) is 13.6. The van der Waals surface area contributed by atoms with Crippen molar-refractivity contribution in [3.63, 3.8) is 0 Å². The van der Waals surface area contributed by atoms with Crippen LogP contribution in [-0.4, -0.2) is 0 Å². The van der Waals surface area contributed by atoms with Gasteiger partial charge < -0.3 is 0 Å². The number of hydrogen-bond acceptors (Lipinski definition) is 0. The summed E-state index contributed by atoms with van der Waals surface area (Å²) >= 11 is 6.58. The maximum absolute atomic E-state index is 3.29. The van der Waals surface area contributed by atoms with Crippen LogP contribution in [-0.2, 0) is 21.7 Å². The van der Waals surface area contributed by atoms with Gasteiger partial charge in [0.25, 0.3) is 0 Å². The summed E-state index contributed by atoms with van der Waals surface area (Å²) in [7, 11) is 0. The quantitative estimate of drug-likeness (QED) is 0.291. The Kier molecular flexibility index (Phi) is 19.0. The van der Waals surface area contributed by atoms with E-state index < -0.39 is 0 Å². The van der Waals surface area contributed by atoms with Crippen molar-refractivity contribution in [1.82, 2.24) is 0 Å². The molecule has 0 saturated heterocycles. The zero-order chi connectivity index (χ0) is 17.3. The molecule has 10 radical (unpaired) electrons. The molecule has 124 valence electrons. The van der Waals surface area contributed by atoms with Gasteiger partial charge in [-0.3, -0.25) is 0 Å². The van der Waals surface area contributed by atoms with Crippen LogP contribution < -0.4 is 0 Å². The second kappa shape index (κ2) is 18.9. The Morgan fingerprint density at radius 1 is 0.440 bits per heavy atom. The summed E-state index contributed by atoms with van der Waals surface area (Å²) in [6.45, 7) is 0. The molecular weight excluding hydrogens is 472 g/mol. The Labute approximate surface area is 186 Å². The van der Waals surface area contributed by atoms with E-state index in [9.17, 15) is 0 Å². The molecule has 0 aromatic heterocycles. The van der Waals surface area contributed by atoms with Crippen LogP contribution in [0.15, 0.2) is 57.5 Å². The third-order valence-electron chi connectivity index (χ3n) is 2.47. The van der Waals surface area contributed by atoms with Crippen LogP contribution in [0.5, 0.6) is 0 Å². The molecule has 25 heavy (non-hydrogen) atoms. The molecule has 0 spiro atoms. The number of benzene rings is 2. The van der Waals surface area contributed by atoms with Crippen LogP contribution in [0.4, 0.5) is 0 Å². The molecule has 2 fully saturated rings. The first-order valence-electron chi connectivity index (χ1n) is 7.35. The molecule has 0 N–H and O–H groups in total. The predicted octanol–water partition coefficient (Wildman–Crippen LogP) is 6.54. The summed E-state index contributed by atoms with van der Waals surface area (Å²) < 4.78 is 2.21. The van der Waals surface area contributed by atoms with Crippen molar-refractivity contribution in [3.05, 3.63) is 134 Å². The molecule has 0 nitrogen and oxygen atoms in total. The molecular formula is C22H18Br2Ti. The van der Waals surface area contributed by atoms with Crippen LogP contribution in [0, 0.1) is 76.3 Å². The molecule has 0 amide bonds. The summed E-state index contributed by atoms with van der Waals surface area (Å²) in [5.41, 5.74) is 0. The SMILES string of the molecule is Brc1cc[c-]cc1.Brc1cc[c-]cc1.[CH]1[CH][CH][CH][CH]1.[CH]1[CH][CH][CH][CH]1.[Ti+2]. The maximum atomic E-state index is 3.29. The summed E-state index contributed by atoms with van der Waals surface area (Å²) in [5.74, 6) is 0. The van der Waals surface area contributed by atoms with Crippen molar-refractivity contribution in [3.8, 4) is 0 Å². The van der Waals surface area contributed by atoms with Gasteiger partial charge in [-0.05, 0) is 64.2 Å². The van der Waals surface area contributed by atoms with Gasteiger partial charge >= 0.3 is 21.7 Å². The monoisotopic (exact) mass is 488 g/mol. The Balaban J connectivity index is 0.000000307. The second-order valence-corrected chi connectivity index (χ2v) is 6.19. The number of halogens is 2. The van der Waals surface area contributed by atoms with E-state index in [0.717, 1.165) is 8.95 Å². The fourth-order valence-corrected chi connectivity index (χ4v) is 1.90. The van der Waals surface area contributed by atoms with Crippen LogP contribution >= 0.6 is 31.9 Å². The van der Waals surface area contributed by atoms with Gasteiger partial charge in [-0.25, -0.2) is 0 Å². The average Bonchev–Trinajstić information content (AvgIpc) is 3.36. The molecule has 0 bridgehead atoms. The predicted molar refractivity (Wildman–Crippen MR) is 109 cm³/mol. The third-order valence-corrected chi connectivity index (χ3v) is 3.52. The fraction of sp³-hybridized carbons (Fsp3) is 0. The molecule has 2 aliphatic rings. The van der Waals surface area contributed by atoms with E-state index in [4.69, 9.17) is 0 Å². The van der Waals surface area contributed by atoms with Gasteiger partial charge in [-0.15, -0.1) is 0 Å². The summed E-state index contributed by atoms with van der Waals surface area (Å²) in [4.78, 5) is 0. The van der Waals surface area contributed by atoms with E-state index >= 15 is 0 Å². The Bertz CT molecular complexity index is 417. The largest absolute Gasteiger partial charge is 2.00 e. The molecule has 0 atom stereocenters. The Hall–Kier alpha value is 0.114. The average molecular weight is 490 g/mol. The minimum absolute atomic E-state index is 0. The van der Waals surface area contributed by atoms with E-state index in [1.54, 1.807) is 0 Å². The minimum Gasteiger partial charge on any atom is -0.184 e. The van der Waals surface area contributed by atoms with Crippen LogP contribution in [0.2, 0.25) is 0 Å². The first-order valence-corrected chi connectivity index (χ1v) is 8.94. The third kappa shape index (κ3) is 17.3. The summed E-state index contributed by atoms with van der Waals surface area (Å²) in [5, 5.41) is 0. The van der Waals surface area contributed by atoms with E-state index in [-0.39, 0.29) is 21.7 Å². The number of hydrogen-bond donors (Lipinski definition) is 0. The van der Waals surface area contributed by atoms with Gasteiger partial charge in [0.05, 0.1) is 0 Å². The molecule has 4 rings (SSSR count). The molecule has 2 aromatic rings. The topological polar surface area (TPSA) is 0 Å². The van der Waals surface area contributed by atoms with Crippen molar-refractivity contribution < 1.29 is 21.7 Å². The van der Waals surface area contributed by atoms with Crippen LogP contribution in [0.25, 0.3) is 0 Å². The van der Waals surface area contributed by atoms with Gasteiger partial charge in [0.2, 0.25) is 0 Å². The van der Waals surface area contributed by atoms with Gasteiger partial charge in [0.1, 0.15) is 0 Å². The molecule has 3 heteroatoms. The van der Waals surface area contributed by atoms with Gasteiger partial charge in [0, 0.05) is 0 Å².